The molecule has 1 unspecified atom stereocenters. The largest absolute Gasteiger partial charge is 0.496 e. The number of nitrogens with one attached hydrogen (secondary N) is 1. The molecule has 0 saturated heterocycles. The van der Waals surface area contributed by atoms with Crippen molar-refractivity contribution in [2.24, 2.45) is 0 Å². The summed E-state index contributed by atoms with van der Waals surface area (Å²) in [6.45, 7) is 0. The number of halogens is 3. The summed E-state index contributed by atoms with van der Waals surface area (Å²) in [5, 5.41) is 2.18. The van der Waals surface area contributed by atoms with Crippen LogP contribution in [0, 0.1) is 0 Å². The second kappa shape index (κ2) is 5.73. The van der Waals surface area contributed by atoms with Crippen molar-refractivity contribution in [1.29, 1.82) is 0 Å². The summed E-state index contributed by atoms with van der Waals surface area (Å²) < 4.78 is 43.3. The first kappa shape index (κ1) is 16.1. The molecule has 3 rings (SSSR count). The molecule has 6 heteroatoms. The quantitative estimate of drug-likeness (QED) is 0.891. The molecule has 1 atom stereocenters. The van der Waals surface area contributed by atoms with Crippen LogP contribution in [0.3, 0.4) is 0 Å². The molecule has 1 aromatic rings. The van der Waals surface area contributed by atoms with Crippen LogP contribution in [0.25, 0.3) is 0 Å². The maximum absolute atomic E-state index is 12.6. The van der Waals surface area contributed by atoms with Crippen LogP contribution in [0.15, 0.2) is 18.2 Å². The first-order valence-corrected chi connectivity index (χ1v) is 7.92. The van der Waals surface area contributed by atoms with E-state index in [-0.39, 0.29) is 5.41 Å². The second-order valence-corrected chi connectivity index (χ2v) is 6.49. The maximum atomic E-state index is 12.6. The number of methoxy groups -OCH3 is 1. The minimum absolute atomic E-state index is 0.177. The predicted octanol–water partition coefficient (Wildman–Crippen LogP) is 4.02. The van der Waals surface area contributed by atoms with Gasteiger partial charge in [-0.3, -0.25) is 4.79 Å². The number of carbonyl (C=O) groups excluding carboxylic acids is 1. The third kappa shape index (κ3) is 2.79. The number of hydrogen-bond donors (Lipinski definition) is 1. The fourth-order valence-electron chi connectivity index (χ4n) is 4.23. The first-order valence-electron chi connectivity index (χ1n) is 7.92. The molecule has 0 aliphatic heterocycles. The summed E-state index contributed by atoms with van der Waals surface area (Å²) in [6.07, 6.45) is 0.768. The Morgan fingerprint density at radius 3 is 2.57 bits per heavy atom. The molecule has 1 fully saturated rings. The number of ether oxygens (including phenoxy) is 1. The second-order valence-electron chi connectivity index (χ2n) is 6.49. The average molecular weight is 327 g/mol. The van der Waals surface area contributed by atoms with Crippen LogP contribution in [0.2, 0.25) is 0 Å². The number of alkyl halides is 3. The van der Waals surface area contributed by atoms with Crippen LogP contribution in [-0.4, -0.2) is 19.2 Å². The first-order chi connectivity index (χ1) is 10.9. The van der Waals surface area contributed by atoms with Gasteiger partial charge in [0, 0.05) is 11.0 Å². The fraction of sp³-hybridized carbons (Fsp3) is 0.588. The van der Waals surface area contributed by atoms with E-state index in [1.165, 1.54) is 0 Å². The van der Waals surface area contributed by atoms with Crippen LogP contribution >= 0.6 is 0 Å². The molecule has 1 aromatic carbocycles. The van der Waals surface area contributed by atoms with Crippen LogP contribution in [-0.2, 0) is 10.2 Å². The number of benzene rings is 1. The van der Waals surface area contributed by atoms with Gasteiger partial charge in [0.2, 0.25) is 0 Å². The van der Waals surface area contributed by atoms with E-state index in [0.29, 0.717) is 12.2 Å². The minimum atomic E-state index is -4.86. The Bertz CT molecular complexity index is 606. The van der Waals surface area contributed by atoms with Crippen molar-refractivity contribution in [2.75, 3.05) is 7.11 Å². The lowest BCUT2D eigenvalue weighted by molar-refractivity contribution is -0.174. The molecule has 0 radical (unpaired) electrons. The maximum Gasteiger partial charge on any atom is 0.471 e. The number of carbonyl (C=O) groups is 1. The smallest absolute Gasteiger partial charge is 0.471 e. The molecule has 1 N–H and O–H groups in total. The molecule has 1 spiro atoms. The Hall–Kier alpha value is -1.72. The fourth-order valence-corrected chi connectivity index (χ4v) is 4.23. The molecule has 2 aliphatic rings. The van der Waals surface area contributed by atoms with Gasteiger partial charge in [-0.2, -0.15) is 13.2 Å². The van der Waals surface area contributed by atoms with E-state index in [4.69, 9.17) is 4.74 Å². The lowest BCUT2D eigenvalue weighted by Gasteiger charge is -2.35. The van der Waals surface area contributed by atoms with Gasteiger partial charge in [0.15, 0.2) is 0 Å². The van der Waals surface area contributed by atoms with E-state index in [2.05, 4.69) is 5.32 Å². The summed E-state index contributed by atoms with van der Waals surface area (Å²) in [5.41, 5.74) is 1.59. The summed E-state index contributed by atoms with van der Waals surface area (Å²) >= 11 is 0. The van der Waals surface area contributed by atoms with E-state index in [0.717, 1.165) is 43.2 Å². The third-order valence-electron chi connectivity index (χ3n) is 5.15. The number of rotatable bonds is 2. The Morgan fingerprint density at radius 1 is 1.26 bits per heavy atom. The van der Waals surface area contributed by atoms with E-state index < -0.39 is 18.1 Å². The highest BCUT2D eigenvalue weighted by Crippen LogP contribution is 2.55. The zero-order valence-corrected chi connectivity index (χ0v) is 13.0. The SMILES string of the molecule is COc1cccc2c1C1(CCCCC1)CC2NC(=O)C(F)(F)F. The van der Waals surface area contributed by atoms with E-state index >= 15 is 0 Å². The third-order valence-corrected chi connectivity index (χ3v) is 5.15. The highest BCUT2D eigenvalue weighted by Gasteiger charge is 2.48. The number of amides is 1. The molecule has 23 heavy (non-hydrogen) atoms. The summed E-state index contributed by atoms with van der Waals surface area (Å²) in [4.78, 5) is 11.4. The molecule has 2 aliphatic carbocycles. The highest BCUT2D eigenvalue weighted by atomic mass is 19.4. The van der Waals surface area contributed by atoms with Crippen molar-refractivity contribution in [3.05, 3.63) is 29.3 Å². The zero-order valence-electron chi connectivity index (χ0n) is 13.0. The summed E-state index contributed by atoms with van der Waals surface area (Å²) in [5.74, 6) is -1.16. The molecule has 0 bridgehead atoms. The van der Waals surface area contributed by atoms with Gasteiger partial charge in [0.25, 0.3) is 0 Å². The van der Waals surface area contributed by atoms with Crippen molar-refractivity contribution in [3.8, 4) is 5.75 Å². The van der Waals surface area contributed by atoms with Crippen molar-refractivity contribution < 1.29 is 22.7 Å². The van der Waals surface area contributed by atoms with Crippen LogP contribution in [0.5, 0.6) is 5.75 Å². The highest BCUT2D eigenvalue weighted by molar-refractivity contribution is 5.82. The molecule has 1 saturated carbocycles. The van der Waals surface area contributed by atoms with Crippen molar-refractivity contribution in [3.63, 3.8) is 0 Å². The van der Waals surface area contributed by atoms with Crippen LogP contribution in [0.4, 0.5) is 13.2 Å². The Balaban J connectivity index is 1.99. The summed E-state index contributed by atoms with van der Waals surface area (Å²) in [7, 11) is 1.58. The zero-order chi connectivity index (χ0) is 16.7. The number of hydrogen-bond acceptors (Lipinski definition) is 2. The summed E-state index contributed by atoms with van der Waals surface area (Å²) in [6, 6.07) is 4.82. The van der Waals surface area contributed by atoms with Crippen molar-refractivity contribution in [1.82, 2.24) is 5.32 Å². The molecular formula is C17H20F3NO2. The van der Waals surface area contributed by atoms with Crippen LogP contribution in [0.1, 0.15) is 55.7 Å². The van der Waals surface area contributed by atoms with Crippen LogP contribution < -0.4 is 10.1 Å². The van der Waals surface area contributed by atoms with Gasteiger partial charge < -0.3 is 10.1 Å². The Morgan fingerprint density at radius 2 is 1.96 bits per heavy atom. The lowest BCUT2D eigenvalue weighted by Crippen LogP contribution is -2.39. The van der Waals surface area contributed by atoms with Gasteiger partial charge in [-0.05, 0) is 30.9 Å². The van der Waals surface area contributed by atoms with Gasteiger partial charge in [-0.1, -0.05) is 31.4 Å². The van der Waals surface area contributed by atoms with Gasteiger partial charge in [0.1, 0.15) is 5.75 Å². The van der Waals surface area contributed by atoms with Crippen molar-refractivity contribution >= 4 is 5.91 Å². The average Bonchev–Trinajstić information content (AvgIpc) is 2.81. The molecule has 126 valence electrons. The molecule has 0 aromatic heterocycles. The van der Waals surface area contributed by atoms with Gasteiger partial charge in [-0.25, -0.2) is 0 Å². The molecule has 0 heterocycles. The lowest BCUT2D eigenvalue weighted by atomic mass is 9.70. The molecule has 3 nitrogen and oxygen atoms in total. The van der Waals surface area contributed by atoms with Crippen molar-refractivity contribution in [2.45, 2.75) is 56.2 Å². The van der Waals surface area contributed by atoms with E-state index in [9.17, 15) is 18.0 Å². The topological polar surface area (TPSA) is 38.3 Å². The molecule has 1 amide bonds. The van der Waals surface area contributed by atoms with Gasteiger partial charge in [-0.15, -0.1) is 0 Å². The van der Waals surface area contributed by atoms with E-state index in [1.54, 1.807) is 13.2 Å². The number of fused-ring (bicyclic) bond motifs is 2. The minimum Gasteiger partial charge on any atom is -0.496 e. The van der Waals surface area contributed by atoms with Gasteiger partial charge >= 0.3 is 12.1 Å². The Labute approximate surface area is 133 Å². The standard InChI is InChI=1S/C17H20F3NO2/c1-23-13-7-5-6-11-12(21-15(22)17(18,19)20)10-16(14(11)13)8-3-2-4-9-16/h5-7,12H,2-4,8-10H2,1H3,(H,21,22). The van der Waals surface area contributed by atoms with Gasteiger partial charge in [0.05, 0.1) is 13.2 Å². The Kier molecular flexibility index (Phi) is 4.02. The monoisotopic (exact) mass is 327 g/mol. The van der Waals surface area contributed by atoms with E-state index in [1.807, 2.05) is 12.1 Å². The molecular weight excluding hydrogens is 307 g/mol. The predicted molar refractivity (Wildman–Crippen MR) is 79.3 cm³/mol. The normalized spacial score (nSPS) is 22.7.